The zero-order valence-corrected chi connectivity index (χ0v) is 19.7. The van der Waals surface area contributed by atoms with Crippen molar-refractivity contribution in [1.29, 1.82) is 0 Å². The maximum absolute atomic E-state index is 13.1. The second-order valence-electron chi connectivity index (χ2n) is 7.30. The van der Waals surface area contributed by atoms with Crippen molar-refractivity contribution in [2.75, 3.05) is 36.9 Å². The number of hydrogen-bond donors (Lipinski definition) is 4. The van der Waals surface area contributed by atoms with Crippen LogP contribution in [0.1, 0.15) is 0 Å². The van der Waals surface area contributed by atoms with Gasteiger partial charge in [0.1, 0.15) is 25.4 Å². The van der Waals surface area contributed by atoms with Crippen LogP contribution in [0, 0.1) is 0 Å². The van der Waals surface area contributed by atoms with Gasteiger partial charge in [-0.25, -0.2) is 18.0 Å². The van der Waals surface area contributed by atoms with E-state index in [1.54, 1.807) is 24.3 Å². The summed E-state index contributed by atoms with van der Waals surface area (Å²) in [5.74, 6) is -1.31. The summed E-state index contributed by atoms with van der Waals surface area (Å²) in [5, 5.41) is 25.6. The van der Waals surface area contributed by atoms with E-state index in [1.807, 2.05) is 0 Å². The molecule has 4 N–H and O–H groups in total. The van der Waals surface area contributed by atoms with Crippen LogP contribution in [-0.2, 0) is 28.9 Å². The molecule has 2 unspecified atom stereocenters. The lowest BCUT2D eigenvalue weighted by molar-refractivity contribution is -0.141. The van der Waals surface area contributed by atoms with Gasteiger partial charge in [0.05, 0.1) is 9.79 Å². The highest BCUT2D eigenvalue weighted by Crippen LogP contribution is 2.25. The fourth-order valence-corrected chi connectivity index (χ4v) is 4.10. The Hall–Kier alpha value is -3.67. The summed E-state index contributed by atoms with van der Waals surface area (Å²) in [6.07, 6.45) is -0.0282. The van der Waals surface area contributed by atoms with E-state index >= 15 is 0 Å². The molecule has 2 rings (SSSR count). The molecule has 0 radical (unpaired) electrons. The van der Waals surface area contributed by atoms with Gasteiger partial charge in [-0.05, 0) is 36.4 Å². The molecule has 2 aromatic rings. The molecule has 2 aromatic carbocycles. The van der Waals surface area contributed by atoms with E-state index in [2.05, 4.69) is 23.8 Å². The van der Waals surface area contributed by atoms with Gasteiger partial charge in [-0.2, -0.15) is 0 Å². The number of ether oxygens (including phenoxy) is 2. The van der Waals surface area contributed by atoms with Crippen LogP contribution in [0.5, 0.6) is 0 Å². The molecule has 11 heteroatoms. The molecule has 0 aliphatic carbocycles. The quantitative estimate of drug-likeness (QED) is 0.220. The first kappa shape index (κ1) is 27.6. The number of esters is 2. The number of nitrogens with one attached hydrogen (secondary N) is 2. The molecular weight excluding hydrogens is 476 g/mol. The van der Waals surface area contributed by atoms with Gasteiger partial charge in [0.15, 0.2) is 0 Å². The Bertz CT molecular complexity index is 1070. The van der Waals surface area contributed by atoms with Gasteiger partial charge in [-0.1, -0.05) is 25.3 Å². The van der Waals surface area contributed by atoms with E-state index in [0.29, 0.717) is 11.4 Å². The molecule has 188 valence electrons. The van der Waals surface area contributed by atoms with Gasteiger partial charge >= 0.3 is 11.9 Å². The lowest BCUT2D eigenvalue weighted by atomic mass is 10.3. The van der Waals surface area contributed by atoms with Crippen LogP contribution in [0.15, 0.2) is 83.6 Å². The maximum atomic E-state index is 13.1. The second-order valence-corrected chi connectivity index (χ2v) is 9.25. The van der Waals surface area contributed by atoms with Crippen molar-refractivity contribution in [3.63, 3.8) is 0 Å². The number of carbonyl (C=O) groups excluding carboxylic acids is 2. The highest BCUT2D eigenvalue weighted by atomic mass is 32.2. The molecule has 0 saturated heterocycles. The van der Waals surface area contributed by atoms with Gasteiger partial charge in [0.25, 0.3) is 0 Å². The number of aliphatic hydroxyl groups excluding tert-OH is 2. The second kappa shape index (κ2) is 13.3. The van der Waals surface area contributed by atoms with Crippen molar-refractivity contribution in [2.45, 2.75) is 22.0 Å². The normalized spacial score (nSPS) is 12.6. The largest absolute Gasteiger partial charge is 0.460 e. The monoisotopic (exact) mass is 504 g/mol. The van der Waals surface area contributed by atoms with Crippen molar-refractivity contribution in [1.82, 2.24) is 0 Å². The third-order valence-corrected chi connectivity index (χ3v) is 6.29. The summed E-state index contributed by atoms with van der Waals surface area (Å²) in [5.41, 5.74) is 0.901. The number of benzene rings is 2. The SMILES string of the molecule is C=CC(=O)OCC(O)CNc1cccc(S(=O)(=O)c2cccc(NCC(O)COC(=O)C=C)c2)c1. The molecule has 0 aliphatic rings. The molecule has 0 aromatic heterocycles. The zero-order valence-electron chi connectivity index (χ0n) is 18.9. The Kier molecular flexibility index (Phi) is 10.5. The van der Waals surface area contributed by atoms with Gasteiger partial charge in [-0.3, -0.25) is 0 Å². The summed E-state index contributed by atoms with van der Waals surface area (Å²) in [4.78, 5) is 22.2. The Morgan fingerprint density at radius 2 is 1.23 bits per heavy atom. The summed E-state index contributed by atoms with van der Waals surface area (Å²) in [7, 11) is -3.88. The molecule has 0 fully saturated rings. The Morgan fingerprint density at radius 3 is 1.60 bits per heavy atom. The molecule has 0 bridgehead atoms. The van der Waals surface area contributed by atoms with Crippen LogP contribution in [0.2, 0.25) is 0 Å². The van der Waals surface area contributed by atoms with E-state index in [9.17, 15) is 28.2 Å². The standard InChI is InChI=1S/C24H28N2O8S/c1-3-23(29)33-15-19(27)13-25-17-7-5-9-21(11-17)35(31,32)22-10-6-8-18(12-22)26-14-20(28)16-34-24(30)4-2/h3-12,19-20,25-28H,1-2,13-16H2. The number of sulfone groups is 1. The van der Waals surface area contributed by atoms with E-state index in [4.69, 9.17) is 9.47 Å². The number of anilines is 2. The van der Waals surface area contributed by atoms with Crippen LogP contribution in [0.3, 0.4) is 0 Å². The van der Waals surface area contributed by atoms with Crippen molar-refractivity contribution >= 4 is 33.2 Å². The Balaban J connectivity index is 2.03. The van der Waals surface area contributed by atoms with Gasteiger partial charge < -0.3 is 30.3 Å². The van der Waals surface area contributed by atoms with Gasteiger partial charge in [-0.15, -0.1) is 0 Å². The zero-order chi connectivity index (χ0) is 25.8. The summed E-state index contributed by atoms with van der Waals surface area (Å²) >= 11 is 0. The summed E-state index contributed by atoms with van der Waals surface area (Å²) in [6, 6.07) is 12.1. The fourth-order valence-electron chi connectivity index (χ4n) is 2.75. The summed E-state index contributed by atoms with van der Waals surface area (Å²) < 4.78 is 35.8. The first-order valence-corrected chi connectivity index (χ1v) is 12.0. The third kappa shape index (κ3) is 8.89. The minimum Gasteiger partial charge on any atom is -0.460 e. The first-order valence-electron chi connectivity index (χ1n) is 10.5. The predicted octanol–water partition coefficient (Wildman–Crippen LogP) is 1.52. The molecule has 10 nitrogen and oxygen atoms in total. The topological polar surface area (TPSA) is 151 Å². The number of carbonyl (C=O) groups is 2. The van der Waals surface area contributed by atoms with Crippen molar-refractivity contribution < 1.29 is 37.7 Å². The summed E-state index contributed by atoms with van der Waals surface area (Å²) in [6.45, 7) is 6.11. The lowest BCUT2D eigenvalue weighted by Gasteiger charge is -2.14. The smallest absolute Gasteiger partial charge is 0.330 e. The van der Waals surface area contributed by atoms with E-state index in [0.717, 1.165) is 12.2 Å². The fraction of sp³-hybridized carbons (Fsp3) is 0.250. The van der Waals surface area contributed by atoms with Crippen LogP contribution < -0.4 is 10.6 Å². The van der Waals surface area contributed by atoms with E-state index in [-0.39, 0.29) is 36.1 Å². The molecular formula is C24H28N2O8S. The first-order chi connectivity index (χ1) is 16.6. The Morgan fingerprint density at radius 1 is 0.829 bits per heavy atom. The Labute approximate surface area is 203 Å². The molecule has 2 atom stereocenters. The molecule has 0 saturated carbocycles. The van der Waals surface area contributed by atoms with Crippen molar-refractivity contribution in [3.8, 4) is 0 Å². The predicted molar refractivity (Wildman–Crippen MR) is 130 cm³/mol. The highest BCUT2D eigenvalue weighted by molar-refractivity contribution is 7.91. The van der Waals surface area contributed by atoms with E-state index in [1.165, 1.54) is 24.3 Å². The number of hydrogen-bond acceptors (Lipinski definition) is 10. The van der Waals surface area contributed by atoms with Crippen molar-refractivity contribution in [2.24, 2.45) is 0 Å². The maximum Gasteiger partial charge on any atom is 0.330 e. The van der Waals surface area contributed by atoms with Crippen LogP contribution >= 0.6 is 0 Å². The lowest BCUT2D eigenvalue weighted by Crippen LogP contribution is -2.26. The molecule has 0 spiro atoms. The average molecular weight is 505 g/mol. The highest BCUT2D eigenvalue weighted by Gasteiger charge is 2.19. The van der Waals surface area contributed by atoms with E-state index < -0.39 is 34.0 Å². The number of aliphatic hydroxyl groups is 2. The van der Waals surface area contributed by atoms with Gasteiger partial charge in [0.2, 0.25) is 9.84 Å². The number of rotatable bonds is 14. The van der Waals surface area contributed by atoms with Gasteiger partial charge in [0, 0.05) is 36.6 Å². The van der Waals surface area contributed by atoms with Crippen LogP contribution in [0.4, 0.5) is 11.4 Å². The minimum atomic E-state index is -3.88. The van der Waals surface area contributed by atoms with Crippen molar-refractivity contribution in [3.05, 3.63) is 73.8 Å². The van der Waals surface area contributed by atoms with Crippen LogP contribution in [-0.4, -0.2) is 69.1 Å². The average Bonchev–Trinajstić information content (AvgIpc) is 2.88. The molecule has 0 amide bonds. The van der Waals surface area contributed by atoms with Crippen LogP contribution in [0.25, 0.3) is 0 Å². The molecule has 0 heterocycles. The minimum absolute atomic E-state index is 0.0256. The molecule has 35 heavy (non-hydrogen) atoms. The third-order valence-electron chi connectivity index (χ3n) is 4.54. The molecule has 0 aliphatic heterocycles.